The number of esters is 1. The zero-order chi connectivity index (χ0) is 24.4. The molecule has 1 unspecified atom stereocenters. The van der Waals surface area contributed by atoms with Crippen LogP contribution in [0, 0.1) is 13.8 Å². The van der Waals surface area contributed by atoms with Gasteiger partial charge in [-0.25, -0.2) is 4.79 Å². The van der Waals surface area contributed by atoms with E-state index in [-0.39, 0.29) is 27.9 Å². The average Bonchev–Trinajstić information content (AvgIpc) is 2.80. The highest BCUT2D eigenvalue weighted by Crippen LogP contribution is 2.29. The molecule has 6 nitrogen and oxygen atoms in total. The average molecular weight is 499 g/mol. The molecular formula is C26H20Cl2O6. The van der Waals surface area contributed by atoms with E-state index >= 15 is 0 Å². The molecule has 0 radical (unpaired) electrons. The van der Waals surface area contributed by atoms with E-state index in [0.717, 1.165) is 11.1 Å². The highest BCUT2D eigenvalue weighted by molar-refractivity contribution is 6.32. The van der Waals surface area contributed by atoms with Gasteiger partial charge in [0.2, 0.25) is 11.2 Å². The van der Waals surface area contributed by atoms with Gasteiger partial charge >= 0.3 is 5.97 Å². The fourth-order valence-corrected chi connectivity index (χ4v) is 3.52. The third-order valence-corrected chi connectivity index (χ3v) is 5.88. The summed E-state index contributed by atoms with van der Waals surface area (Å²) in [5.41, 5.74) is 1.56. The van der Waals surface area contributed by atoms with Gasteiger partial charge in [-0.3, -0.25) is 4.79 Å². The predicted octanol–water partition coefficient (Wildman–Crippen LogP) is 6.88. The van der Waals surface area contributed by atoms with E-state index in [9.17, 15) is 9.59 Å². The fourth-order valence-electron chi connectivity index (χ4n) is 3.28. The second kappa shape index (κ2) is 9.79. The van der Waals surface area contributed by atoms with E-state index < -0.39 is 12.1 Å². The molecule has 0 saturated carbocycles. The van der Waals surface area contributed by atoms with Crippen molar-refractivity contribution >= 4 is 40.1 Å². The van der Waals surface area contributed by atoms with E-state index in [0.29, 0.717) is 21.5 Å². The lowest BCUT2D eigenvalue weighted by molar-refractivity contribution is -0.141. The number of carbonyl (C=O) groups excluding carboxylic acids is 1. The summed E-state index contributed by atoms with van der Waals surface area (Å²) >= 11 is 12.0. The Morgan fingerprint density at radius 2 is 1.56 bits per heavy atom. The standard InChI is InChI=1S/C26H20Cl2O6/c1-14-10-20(11-15(2)24(14)28)33-23-13-31-22-12-19(8-9-21(22)25(23)29)34-26(30)16(3)32-18-6-4-17(27)5-7-18/h4-13,16H,1-3H3. The monoisotopic (exact) mass is 498 g/mol. The molecule has 1 aromatic heterocycles. The van der Waals surface area contributed by atoms with Crippen molar-refractivity contribution in [2.45, 2.75) is 26.9 Å². The third kappa shape index (κ3) is 5.19. The van der Waals surface area contributed by atoms with Crippen molar-refractivity contribution in [1.82, 2.24) is 0 Å². The van der Waals surface area contributed by atoms with Crippen LogP contribution in [0.2, 0.25) is 10.0 Å². The molecule has 0 bridgehead atoms. The van der Waals surface area contributed by atoms with E-state index in [4.69, 9.17) is 41.8 Å². The van der Waals surface area contributed by atoms with Gasteiger partial charge in [0.05, 0.1) is 5.39 Å². The molecule has 0 aliphatic rings. The Balaban J connectivity index is 1.50. The first-order valence-corrected chi connectivity index (χ1v) is 11.1. The largest absolute Gasteiger partial charge is 0.479 e. The minimum atomic E-state index is -0.869. The highest BCUT2D eigenvalue weighted by Gasteiger charge is 2.18. The van der Waals surface area contributed by atoms with Crippen LogP contribution in [0.15, 0.2) is 70.1 Å². The number of benzene rings is 3. The van der Waals surface area contributed by atoms with Crippen molar-refractivity contribution in [2.24, 2.45) is 0 Å². The van der Waals surface area contributed by atoms with Crippen molar-refractivity contribution in [1.29, 1.82) is 0 Å². The SMILES string of the molecule is Cc1cc(Oc2coc3cc(OC(=O)C(C)Oc4ccc(Cl)cc4)ccc3c2=O)cc(C)c1Cl. The molecule has 0 N–H and O–H groups in total. The normalized spacial score (nSPS) is 11.8. The first-order chi connectivity index (χ1) is 16.2. The summed E-state index contributed by atoms with van der Waals surface area (Å²) in [5.74, 6) is 0.599. The Morgan fingerprint density at radius 3 is 2.24 bits per heavy atom. The molecule has 0 amide bonds. The zero-order valence-electron chi connectivity index (χ0n) is 18.6. The molecule has 34 heavy (non-hydrogen) atoms. The van der Waals surface area contributed by atoms with Crippen molar-refractivity contribution in [3.05, 3.63) is 92.3 Å². The summed E-state index contributed by atoms with van der Waals surface area (Å²) in [6.45, 7) is 5.28. The van der Waals surface area contributed by atoms with Gasteiger partial charge in [-0.05, 0) is 80.4 Å². The highest BCUT2D eigenvalue weighted by atomic mass is 35.5. The summed E-state index contributed by atoms with van der Waals surface area (Å²) in [6.07, 6.45) is 0.355. The molecule has 4 aromatic rings. The minimum Gasteiger partial charge on any atom is -0.479 e. The van der Waals surface area contributed by atoms with Gasteiger partial charge in [-0.15, -0.1) is 0 Å². The van der Waals surface area contributed by atoms with Gasteiger partial charge in [-0.2, -0.15) is 0 Å². The second-order valence-electron chi connectivity index (χ2n) is 7.70. The van der Waals surface area contributed by atoms with Crippen molar-refractivity contribution in [3.63, 3.8) is 0 Å². The molecule has 3 aromatic carbocycles. The van der Waals surface area contributed by atoms with E-state index in [2.05, 4.69) is 0 Å². The predicted molar refractivity (Wildman–Crippen MR) is 131 cm³/mol. The van der Waals surface area contributed by atoms with Gasteiger partial charge in [0, 0.05) is 16.1 Å². The van der Waals surface area contributed by atoms with Gasteiger partial charge in [0.25, 0.3) is 0 Å². The molecule has 0 spiro atoms. The lowest BCUT2D eigenvalue weighted by atomic mass is 10.1. The summed E-state index contributed by atoms with van der Waals surface area (Å²) in [4.78, 5) is 25.3. The number of hydrogen-bond donors (Lipinski definition) is 0. The summed E-state index contributed by atoms with van der Waals surface area (Å²) in [6, 6.07) is 14.6. The number of aryl methyl sites for hydroxylation is 2. The fraction of sp³-hybridized carbons (Fsp3) is 0.154. The summed E-state index contributed by atoms with van der Waals surface area (Å²) in [7, 11) is 0. The van der Waals surface area contributed by atoms with Crippen LogP contribution in [0.3, 0.4) is 0 Å². The van der Waals surface area contributed by atoms with Crippen LogP contribution in [0.25, 0.3) is 11.0 Å². The first kappa shape index (κ1) is 23.7. The van der Waals surface area contributed by atoms with E-state index in [1.54, 1.807) is 43.3 Å². The van der Waals surface area contributed by atoms with Crippen LogP contribution in [0.4, 0.5) is 0 Å². The van der Waals surface area contributed by atoms with Gasteiger partial charge in [0.1, 0.15) is 29.1 Å². The Hall–Kier alpha value is -3.48. The van der Waals surface area contributed by atoms with Crippen LogP contribution < -0.4 is 19.6 Å². The Kier molecular flexibility index (Phi) is 6.82. The Bertz CT molecular complexity index is 1400. The third-order valence-electron chi connectivity index (χ3n) is 5.03. The molecule has 0 aliphatic heterocycles. The lowest BCUT2D eigenvalue weighted by Gasteiger charge is -2.14. The van der Waals surface area contributed by atoms with Crippen LogP contribution in [-0.4, -0.2) is 12.1 Å². The first-order valence-electron chi connectivity index (χ1n) is 10.4. The topological polar surface area (TPSA) is 75.0 Å². The Labute approximate surface area is 205 Å². The van der Waals surface area contributed by atoms with Crippen LogP contribution in [-0.2, 0) is 4.79 Å². The van der Waals surface area contributed by atoms with Gasteiger partial charge in [0.15, 0.2) is 6.10 Å². The summed E-state index contributed by atoms with van der Waals surface area (Å²) in [5, 5.41) is 1.49. The number of carbonyl (C=O) groups is 1. The molecule has 0 aliphatic carbocycles. The molecule has 8 heteroatoms. The molecule has 1 heterocycles. The Morgan fingerprint density at radius 1 is 0.912 bits per heavy atom. The van der Waals surface area contributed by atoms with Crippen molar-refractivity contribution < 1.29 is 23.4 Å². The number of ether oxygens (including phenoxy) is 3. The maximum atomic E-state index is 12.9. The number of hydrogen-bond acceptors (Lipinski definition) is 6. The molecular weight excluding hydrogens is 479 g/mol. The van der Waals surface area contributed by atoms with Gasteiger partial charge < -0.3 is 18.6 Å². The molecule has 174 valence electrons. The molecule has 4 rings (SSSR count). The van der Waals surface area contributed by atoms with Crippen LogP contribution >= 0.6 is 23.2 Å². The number of rotatable bonds is 6. The number of fused-ring (bicyclic) bond motifs is 1. The van der Waals surface area contributed by atoms with Crippen molar-refractivity contribution in [3.8, 4) is 23.0 Å². The lowest BCUT2D eigenvalue weighted by Crippen LogP contribution is -2.28. The maximum Gasteiger partial charge on any atom is 0.352 e. The smallest absolute Gasteiger partial charge is 0.352 e. The second-order valence-corrected chi connectivity index (χ2v) is 8.51. The molecule has 1 atom stereocenters. The van der Waals surface area contributed by atoms with Crippen LogP contribution in [0.1, 0.15) is 18.1 Å². The molecule has 0 saturated heterocycles. The zero-order valence-corrected chi connectivity index (χ0v) is 20.1. The van der Waals surface area contributed by atoms with Gasteiger partial charge in [-0.1, -0.05) is 23.2 Å². The van der Waals surface area contributed by atoms with E-state index in [1.165, 1.54) is 24.5 Å². The summed E-state index contributed by atoms with van der Waals surface area (Å²) < 4.78 is 22.3. The number of halogens is 2. The van der Waals surface area contributed by atoms with Crippen molar-refractivity contribution in [2.75, 3.05) is 0 Å². The molecule has 0 fully saturated rings. The van der Waals surface area contributed by atoms with E-state index in [1.807, 2.05) is 13.8 Å². The van der Waals surface area contributed by atoms with Crippen LogP contribution in [0.5, 0.6) is 23.0 Å². The maximum absolute atomic E-state index is 12.9. The quantitative estimate of drug-likeness (QED) is 0.213. The minimum absolute atomic E-state index is 0.0309.